The van der Waals surface area contributed by atoms with Crippen molar-refractivity contribution in [2.24, 2.45) is 0 Å². The number of carbonyl (C=O) groups excluding carboxylic acids is 2. The maximum atomic E-state index is 13.1. The molecule has 0 spiro atoms. The standard InChI is InChI=1S/C22H19Cl2N5O4/c1-2-33-16-6-4-3-5-15(16)26-20(31)14-10-17(30)27-19-18(14)21(32)29-22(28-19)25-13-8-11(23)7-12(24)9-13/h3-9,14H,2,10H2,1H3,(H,26,31)(H3,25,27,28,29,30,32)/t14-/m0/s1. The van der Waals surface area contributed by atoms with E-state index in [2.05, 4.69) is 25.9 Å². The lowest BCUT2D eigenvalue weighted by Crippen LogP contribution is -2.36. The van der Waals surface area contributed by atoms with E-state index in [1.54, 1.807) is 42.5 Å². The molecule has 0 unspecified atom stereocenters. The second-order valence-electron chi connectivity index (χ2n) is 7.18. The van der Waals surface area contributed by atoms with Crippen LogP contribution < -0.4 is 26.2 Å². The summed E-state index contributed by atoms with van der Waals surface area (Å²) < 4.78 is 5.53. The molecule has 0 radical (unpaired) electrons. The number of hydrogen-bond donors (Lipinski definition) is 4. The average Bonchev–Trinajstić information content (AvgIpc) is 2.73. The Morgan fingerprint density at radius 3 is 2.64 bits per heavy atom. The number of carbonyl (C=O) groups is 2. The number of benzene rings is 2. The van der Waals surface area contributed by atoms with E-state index < -0.39 is 23.3 Å². The molecule has 0 fully saturated rings. The van der Waals surface area contributed by atoms with Crippen LogP contribution in [0.3, 0.4) is 0 Å². The molecule has 2 heterocycles. The summed E-state index contributed by atoms with van der Waals surface area (Å²) in [6, 6.07) is 11.7. The van der Waals surface area contributed by atoms with E-state index in [4.69, 9.17) is 27.9 Å². The number of nitrogens with zero attached hydrogens (tertiary/aromatic N) is 1. The summed E-state index contributed by atoms with van der Waals surface area (Å²) in [4.78, 5) is 45.2. The van der Waals surface area contributed by atoms with Crippen LogP contribution in [0.25, 0.3) is 0 Å². The van der Waals surface area contributed by atoms with Crippen molar-refractivity contribution in [2.45, 2.75) is 19.3 Å². The Hall–Kier alpha value is -3.56. The highest BCUT2D eigenvalue weighted by Gasteiger charge is 2.35. The van der Waals surface area contributed by atoms with E-state index in [1.165, 1.54) is 0 Å². The van der Waals surface area contributed by atoms with Crippen molar-refractivity contribution in [3.8, 4) is 5.75 Å². The SMILES string of the molecule is CCOc1ccccc1NC(=O)[C@H]1CC(=O)Nc2nc(Nc3cc(Cl)cc(Cl)c3)[nH]c(=O)c21. The van der Waals surface area contributed by atoms with Gasteiger partial charge in [-0.15, -0.1) is 0 Å². The van der Waals surface area contributed by atoms with Gasteiger partial charge in [0.1, 0.15) is 11.6 Å². The highest BCUT2D eigenvalue weighted by atomic mass is 35.5. The Balaban J connectivity index is 1.64. The summed E-state index contributed by atoms with van der Waals surface area (Å²) in [5, 5.41) is 8.99. The second-order valence-corrected chi connectivity index (χ2v) is 8.06. The molecule has 0 bridgehead atoms. The number of nitrogens with one attached hydrogen (secondary N) is 4. The molecule has 33 heavy (non-hydrogen) atoms. The van der Waals surface area contributed by atoms with Gasteiger partial charge in [-0.2, -0.15) is 4.98 Å². The van der Waals surface area contributed by atoms with Gasteiger partial charge in [0.05, 0.1) is 23.8 Å². The summed E-state index contributed by atoms with van der Waals surface area (Å²) in [7, 11) is 0. The van der Waals surface area contributed by atoms with Crippen LogP contribution in [-0.4, -0.2) is 28.4 Å². The first-order chi connectivity index (χ1) is 15.8. The third kappa shape index (κ3) is 5.10. The first-order valence-corrected chi connectivity index (χ1v) is 10.8. The third-order valence-electron chi connectivity index (χ3n) is 4.84. The fourth-order valence-electron chi connectivity index (χ4n) is 3.49. The Labute approximate surface area is 198 Å². The van der Waals surface area contributed by atoms with E-state index in [-0.39, 0.29) is 23.8 Å². The largest absolute Gasteiger partial charge is 0.492 e. The lowest BCUT2D eigenvalue weighted by molar-refractivity contribution is -0.123. The van der Waals surface area contributed by atoms with Gasteiger partial charge in [0, 0.05) is 22.2 Å². The van der Waals surface area contributed by atoms with Crippen molar-refractivity contribution < 1.29 is 14.3 Å². The van der Waals surface area contributed by atoms with Gasteiger partial charge in [-0.05, 0) is 37.3 Å². The van der Waals surface area contributed by atoms with Gasteiger partial charge in [0.25, 0.3) is 5.56 Å². The molecule has 170 valence electrons. The van der Waals surface area contributed by atoms with Crippen molar-refractivity contribution in [1.29, 1.82) is 0 Å². The van der Waals surface area contributed by atoms with Crippen LogP contribution >= 0.6 is 23.2 Å². The van der Waals surface area contributed by atoms with Gasteiger partial charge < -0.3 is 20.7 Å². The molecule has 9 nitrogen and oxygen atoms in total. The van der Waals surface area contributed by atoms with E-state index in [1.807, 2.05) is 6.92 Å². The van der Waals surface area contributed by atoms with Crippen molar-refractivity contribution in [3.05, 3.63) is 68.4 Å². The van der Waals surface area contributed by atoms with Crippen LogP contribution in [0, 0.1) is 0 Å². The summed E-state index contributed by atoms with van der Waals surface area (Å²) in [5.41, 5.74) is 0.432. The van der Waals surface area contributed by atoms with E-state index in [0.717, 1.165) is 0 Å². The van der Waals surface area contributed by atoms with Gasteiger partial charge in [0.15, 0.2) is 0 Å². The molecule has 4 N–H and O–H groups in total. The van der Waals surface area contributed by atoms with Crippen LogP contribution in [0.15, 0.2) is 47.3 Å². The Kier molecular flexibility index (Phi) is 6.52. The number of aromatic amines is 1. The number of para-hydroxylation sites is 2. The minimum Gasteiger partial charge on any atom is -0.492 e. The number of ether oxygens (including phenoxy) is 1. The Morgan fingerprint density at radius 2 is 1.91 bits per heavy atom. The maximum Gasteiger partial charge on any atom is 0.258 e. The first kappa shape index (κ1) is 22.6. The molecule has 0 saturated heterocycles. The van der Waals surface area contributed by atoms with Crippen molar-refractivity contribution in [2.75, 3.05) is 22.6 Å². The maximum absolute atomic E-state index is 13.1. The molecular formula is C22H19Cl2N5O4. The molecule has 2 amide bonds. The van der Waals surface area contributed by atoms with Crippen molar-refractivity contribution >= 4 is 58.2 Å². The van der Waals surface area contributed by atoms with Gasteiger partial charge in [0.2, 0.25) is 17.8 Å². The molecule has 1 aliphatic heterocycles. The monoisotopic (exact) mass is 487 g/mol. The number of aromatic nitrogens is 2. The average molecular weight is 488 g/mol. The number of hydrogen-bond acceptors (Lipinski definition) is 6. The summed E-state index contributed by atoms with van der Waals surface area (Å²) >= 11 is 12.0. The smallest absolute Gasteiger partial charge is 0.258 e. The fraction of sp³-hybridized carbons (Fsp3) is 0.182. The van der Waals surface area contributed by atoms with Crippen LogP contribution in [0.4, 0.5) is 23.1 Å². The van der Waals surface area contributed by atoms with Gasteiger partial charge in [-0.1, -0.05) is 35.3 Å². The lowest BCUT2D eigenvalue weighted by Gasteiger charge is -2.24. The number of halogens is 2. The molecule has 3 aromatic rings. The minimum atomic E-state index is -1.03. The normalized spacial score (nSPS) is 14.8. The van der Waals surface area contributed by atoms with Crippen LogP contribution in [0.1, 0.15) is 24.8 Å². The molecule has 1 aliphatic rings. The predicted octanol–water partition coefficient (Wildman–Crippen LogP) is 4.28. The molecule has 0 aliphatic carbocycles. The molecule has 1 aromatic heterocycles. The van der Waals surface area contributed by atoms with Crippen molar-refractivity contribution in [1.82, 2.24) is 9.97 Å². The predicted molar refractivity (Wildman–Crippen MR) is 127 cm³/mol. The number of fused-ring (bicyclic) bond motifs is 1. The second kappa shape index (κ2) is 9.51. The molecule has 0 saturated carbocycles. The molecule has 11 heteroatoms. The summed E-state index contributed by atoms with van der Waals surface area (Å²) in [6.07, 6.45) is -0.197. The quantitative estimate of drug-likeness (QED) is 0.411. The summed E-state index contributed by atoms with van der Waals surface area (Å²) in [5.74, 6) is -1.44. The molecule has 4 rings (SSSR count). The highest BCUT2D eigenvalue weighted by Crippen LogP contribution is 2.32. The highest BCUT2D eigenvalue weighted by molar-refractivity contribution is 6.35. The first-order valence-electron chi connectivity index (χ1n) is 10.0. The zero-order chi connectivity index (χ0) is 23.5. The number of rotatable bonds is 6. The van der Waals surface area contributed by atoms with E-state index >= 15 is 0 Å². The van der Waals surface area contributed by atoms with Gasteiger partial charge >= 0.3 is 0 Å². The molecular weight excluding hydrogens is 469 g/mol. The minimum absolute atomic E-state index is 0.00358. The van der Waals surface area contributed by atoms with Crippen molar-refractivity contribution in [3.63, 3.8) is 0 Å². The van der Waals surface area contributed by atoms with Crippen LogP contribution in [-0.2, 0) is 9.59 Å². The zero-order valence-corrected chi connectivity index (χ0v) is 18.9. The number of anilines is 4. The topological polar surface area (TPSA) is 125 Å². The Bertz CT molecular complexity index is 1270. The summed E-state index contributed by atoms with van der Waals surface area (Å²) in [6.45, 7) is 2.24. The molecule has 2 aromatic carbocycles. The number of amides is 2. The third-order valence-corrected chi connectivity index (χ3v) is 5.27. The Morgan fingerprint density at radius 1 is 1.18 bits per heavy atom. The van der Waals surface area contributed by atoms with Crippen LogP contribution in [0.5, 0.6) is 5.75 Å². The van der Waals surface area contributed by atoms with Gasteiger partial charge in [-0.25, -0.2) is 0 Å². The van der Waals surface area contributed by atoms with E-state index in [0.29, 0.717) is 33.8 Å². The van der Waals surface area contributed by atoms with Crippen LogP contribution in [0.2, 0.25) is 10.0 Å². The van der Waals surface area contributed by atoms with Gasteiger partial charge in [-0.3, -0.25) is 19.4 Å². The zero-order valence-electron chi connectivity index (χ0n) is 17.4. The van der Waals surface area contributed by atoms with E-state index in [9.17, 15) is 14.4 Å². The number of H-pyrrole nitrogens is 1. The lowest BCUT2D eigenvalue weighted by atomic mass is 9.92. The molecule has 1 atom stereocenters. The fourth-order valence-corrected chi connectivity index (χ4v) is 4.01.